The number of carbonyl (C=O) groups is 3. The topological polar surface area (TPSA) is 78.9 Å². The third-order valence-corrected chi connectivity index (χ3v) is 9.77. The van der Waals surface area contributed by atoms with E-state index in [0.717, 1.165) is 0 Å². The van der Waals surface area contributed by atoms with Crippen LogP contribution < -0.4 is 0 Å². The van der Waals surface area contributed by atoms with E-state index >= 15 is 0 Å². The molecule has 40 heavy (non-hydrogen) atoms. The number of carbonyl (C=O) groups excluding carboxylic acids is 3. The summed E-state index contributed by atoms with van der Waals surface area (Å²) in [5, 5.41) is 0. The van der Waals surface area contributed by atoms with Gasteiger partial charge in [-0.25, -0.2) is 0 Å². The standard InChI is InChI=1S/3C11H20O2.Bi/c3*1-10(2,3)8(12)7-9(13)11(4,5)6;/h3*7,12H,1-6H3;/q;;;+3/p-3/b2*8-7+;8-7-;. The molecule has 0 atom stereocenters. The SMILES string of the molecule is CC(C)(C)C(=O)/C=C(\[O][Bi]([O]/C(=C/C(=O)C(C)(C)C)C(C)(C)C)[O]/C(=C/C(=O)C(C)(C)C)C(C)(C)C)C(C)(C)C. The zero-order valence-corrected chi connectivity index (χ0v) is 32.1. The molecule has 0 fully saturated rings. The van der Waals surface area contributed by atoms with Crippen molar-refractivity contribution < 1.29 is 22.8 Å². The Bertz CT molecular complexity index is 885. The summed E-state index contributed by atoms with van der Waals surface area (Å²) in [6, 6.07) is 0. The van der Waals surface area contributed by atoms with Crippen LogP contribution in [0.5, 0.6) is 0 Å². The first-order chi connectivity index (χ1) is 17.4. The van der Waals surface area contributed by atoms with Crippen molar-refractivity contribution in [3.63, 3.8) is 0 Å². The number of rotatable bonds is 9. The number of hydrogen-bond acceptors (Lipinski definition) is 6. The van der Waals surface area contributed by atoms with E-state index < -0.39 is 55.6 Å². The normalized spacial score (nSPS) is 15.2. The van der Waals surface area contributed by atoms with Gasteiger partial charge in [-0.1, -0.05) is 0 Å². The summed E-state index contributed by atoms with van der Waals surface area (Å²) in [6.07, 6.45) is 4.61. The Balaban J connectivity index is 7.14. The van der Waals surface area contributed by atoms with Crippen LogP contribution in [0.4, 0.5) is 0 Å². The summed E-state index contributed by atoms with van der Waals surface area (Å²) in [4.78, 5) is 39.2. The fourth-order valence-electron chi connectivity index (χ4n) is 2.44. The van der Waals surface area contributed by atoms with Crippen LogP contribution in [-0.2, 0) is 22.8 Å². The van der Waals surface area contributed by atoms with Crippen LogP contribution in [0.25, 0.3) is 0 Å². The van der Waals surface area contributed by atoms with Gasteiger partial charge in [0.25, 0.3) is 0 Å². The second-order valence-corrected chi connectivity index (χ2v) is 20.5. The van der Waals surface area contributed by atoms with Crippen LogP contribution in [0, 0.1) is 32.5 Å². The molecule has 0 unspecified atom stereocenters. The molecule has 0 radical (unpaired) electrons. The van der Waals surface area contributed by atoms with E-state index in [1.165, 1.54) is 18.2 Å². The van der Waals surface area contributed by atoms with Crippen LogP contribution in [0.3, 0.4) is 0 Å². The first-order valence-electron chi connectivity index (χ1n) is 14.0. The van der Waals surface area contributed by atoms with Crippen LogP contribution >= 0.6 is 0 Å². The minimum absolute atomic E-state index is 0.0784. The molecule has 0 saturated heterocycles. The second-order valence-electron chi connectivity index (χ2n) is 16.6. The van der Waals surface area contributed by atoms with E-state index in [1.54, 1.807) is 0 Å². The van der Waals surface area contributed by atoms with Gasteiger partial charge in [-0.05, 0) is 0 Å². The molecule has 0 bridgehead atoms. The summed E-state index contributed by atoms with van der Waals surface area (Å²) in [5.41, 5.74) is -3.38. The molecule has 0 aliphatic rings. The Morgan fingerprint density at radius 3 is 0.675 bits per heavy atom. The predicted molar refractivity (Wildman–Crippen MR) is 165 cm³/mol. The van der Waals surface area contributed by atoms with Gasteiger partial charge in [-0.15, -0.1) is 0 Å². The van der Waals surface area contributed by atoms with Gasteiger partial charge < -0.3 is 0 Å². The molecular weight excluding hydrogens is 701 g/mol. The van der Waals surface area contributed by atoms with Crippen molar-refractivity contribution in [3.05, 3.63) is 35.5 Å². The molecule has 7 heteroatoms. The molecule has 0 aromatic heterocycles. The first kappa shape index (κ1) is 38.5. The van der Waals surface area contributed by atoms with Gasteiger partial charge >= 0.3 is 256 Å². The maximum atomic E-state index is 13.1. The Labute approximate surface area is 254 Å². The number of hydrogen-bond donors (Lipinski definition) is 0. The number of ketones is 3. The molecule has 0 spiro atoms. The van der Waals surface area contributed by atoms with Crippen LogP contribution in [0.2, 0.25) is 0 Å². The quantitative estimate of drug-likeness (QED) is 0.133. The molecular formula is C33H57BiO6. The van der Waals surface area contributed by atoms with E-state index in [-0.39, 0.29) is 17.3 Å². The molecule has 0 rings (SSSR count). The predicted octanol–water partition coefficient (Wildman–Crippen LogP) is 8.66. The van der Waals surface area contributed by atoms with Crippen LogP contribution in [0.15, 0.2) is 35.5 Å². The van der Waals surface area contributed by atoms with Gasteiger partial charge in [-0.2, -0.15) is 0 Å². The number of allylic oxidation sites excluding steroid dienone is 6. The molecule has 230 valence electrons. The molecule has 0 heterocycles. The van der Waals surface area contributed by atoms with Gasteiger partial charge in [0.2, 0.25) is 0 Å². The zero-order chi connectivity index (χ0) is 32.3. The van der Waals surface area contributed by atoms with Crippen molar-refractivity contribution in [1.29, 1.82) is 0 Å². The van der Waals surface area contributed by atoms with Crippen molar-refractivity contribution in [2.75, 3.05) is 0 Å². The van der Waals surface area contributed by atoms with Crippen molar-refractivity contribution in [2.45, 2.75) is 125 Å². The second kappa shape index (κ2) is 13.2. The Kier molecular flexibility index (Phi) is 12.7. The van der Waals surface area contributed by atoms with E-state index in [1.807, 2.05) is 125 Å². The molecule has 0 aliphatic carbocycles. The van der Waals surface area contributed by atoms with Crippen molar-refractivity contribution in [2.24, 2.45) is 32.5 Å². The maximum absolute atomic E-state index is 13.1. The van der Waals surface area contributed by atoms with Crippen molar-refractivity contribution in [1.82, 2.24) is 0 Å². The van der Waals surface area contributed by atoms with E-state index in [9.17, 15) is 14.4 Å². The molecule has 0 amide bonds. The van der Waals surface area contributed by atoms with E-state index in [0.29, 0.717) is 17.3 Å². The molecule has 6 nitrogen and oxygen atoms in total. The molecule has 0 N–H and O–H groups in total. The third-order valence-electron chi connectivity index (χ3n) is 5.74. The van der Waals surface area contributed by atoms with Gasteiger partial charge in [0, 0.05) is 0 Å². The molecule has 0 aromatic rings. The summed E-state index contributed by atoms with van der Waals surface area (Å²) in [6.45, 7) is 34.4. The summed E-state index contributed by atoms with van der Waals surface area (Å²) in [5.74, 6) is 1.13. The van der Waals surface area contributed by atoms with Crippen molar-refractivity contribution >= 4 is 40.4 Å². The van der Waals surface area contributed by atoms with Crippen LogP contribution in [0.1, 0.15) is 125 Å². The summed E-state index contributed by atoms with van der Waals surface area (Å²) >= 11 is -4.06. The van der Waals surface area contributed by atoms with Gasteiger partial charge in [-0.3, -0.25) is 0 Å². The average molecular weight is 759 g/mol. The fraction of sp³-hybridized carbons (Fsp3) is 0.727. The minimum atomic E-state index is -4.06. The summed E-state index contributed by atoms with van der Waals surface area (Å²) < 4.78 is 19.7. The van der Waals surface area contributed by atoms with Gasteiger partial charge in [0.05, 0.1) is 0 Å². The Hall–Kier alpha value is -1.49. The van der Waals surface area contributed by atoms with Gasteiger partial charge in [0.1, 0.15) is 0 Å². The van der Waals surface area contributed by atoms with Crippen molar-refractivity contribution in [3.8, 4) is 0 Å². The van der Waals surface area contributed by atoms with E-state index in [2.05, 4.69) is 0 Å². The third kappa shape index (κ3) is 13.4. The molecule has 0 aromatic carbocycles. The Morgan fingerprint density at radius 2 is 0.550 bits per heavy atom. The van der Waals surface area contributed by atoms with E-state index in [4.69, 9.17) is 8.44 Å². The Morgan fingerprint density at radius 1 is 0.375 bits per heavy atom. The van der Waals surface area contributed by atoms with Crippen LogP contribution in [-0.4, -0.2) is 40.4 Å². The molecule has 0 saturated carbocycles. The fourth-order valence-corrected chi connectivity index (χ4v) is 8.56. The van der Waals surface area contributed by atoms with Gasteiger partial charge in [0.15, 0.2) is 0 Å². The average Bonchev–Trinajstić information content (AvgIpc) is 2.67. The monoisotopic (exact) mass is 758 g/mol. The summed E-state index contributed by atoms with van der Waals surface area (Å²) in [7, 11) is 0. The zero-order valence-electron chi connectivity index (χ0n) is 28.6. The molecule has 0 aliphatic heterocycles. The first-order valence-corrected chi connectivity index (χ1v) is 18.3.